The van der Waals surface area contributed by atoms with Crippen LogP contribution in [0.25, 0.3) is 0 Å². The van der Waals surface area contributed by atoms with Crippen molar-refractivity contribution in [1.82, 2.24) is 0 Å². The first-order valence-corrected chi connectivity index (χ1v) is 12.7. The number of rotatable bonds is 4. The van der Waals surface area contributed by atoms with Gasteiger partial charge in [0.05, 0.1) is 23.0 Å². The molecule has 3 aliphatic carbocycles. The van der Waals surface area contributed by atoms with Crippen molar-refractivity contribution < 1.29 is 38.9 Å². The fraction of sp³-hybridized carbons (Fsp3) is 0.586. The molecule has 0 aliphatic heterocycles. The summed E-state index contributed by atoms with van der Waals surface area (Å²) in [7, 11) is 0. The van der Waals surface area contributed by atoms with Gasteiger partial charge in [0.15, 0.2) is 11.4 Å². The summed E-state index contributed by atoms with van der Waals surface area (Å²) in [6.45, 7) is 12.0. The molecule has 8 heteroatoms. The molecule has 0 bridgehead atoms. The fourth-order valence-corrected chi connectivity index (χ4v) is 7.48. The normalized spacial score (nSPS) is 40.7. The Bertz CT molecular complexity index is 1140. The summed E-state index contributed by atoms with van der Waals surface area (Å²) in [4.78, 5) is 52.7. The molecule has 0 radical (unpaired) electrons. The first-order valence-electron chi connectivity index (χ1n) is 12.7. The molecule has 4 rings (SSSR count). The number of aliphatic hydroxyl groups is 2. The van der Waals surface area contributed by atoms with Gasteiger partial charge in [0.2, 0.25) is 0 Å². The predicted octanol–water partition coefficient (Wildman–Crippen LogP) is 3.04. The monoisotopic (exact) mass is 512 g/mol. The first kappa shape index (κ1) is 27.2. The molecule has 0 heterocycles. The second kappa shape index (κ2) is 8.88. The van der Waals surface area contributed by atoms with Gasteiger partial charge in [0.25, 0.3) is 0 Å². The molecule has 3 fully saturated rings. The van der Waals surface area contributed by atoms with E-state index in [1.54, 1.807) is 37.3 Å². The SMILES string of the molecule is C=C[C@@]1(C)CC(=O)[C@H]2[C@](O)(C1=O)[C@H](OC(C)=O)C[C@H]1C(C)(C)C[C@H](OC(=O)c3ccccc3)[C@H](O)[C@@]12C. The topological polar surface area (TPSA) is 127 Å². The Morgan fingerprint density at radius 3 is 2.27 bits per heavy atom. The van der Waals surface area contributed by atoms with Crippen LogP contribution in [0.5, 0.6) is 0 Å². The summed E-state index contributed by atoms with van der Waals surface area (Å²) in [5.41, 5.74) is -5.39. The highest BCUT2D eigenvalue weighted by molar-refractivity contribution is 6.06. The Morgan fingerprint density at radius 2 is 1.70 bits per heavy atom. The number of esters is 2. The number of hydrogen-bond acceptors (Lipinski definition) is 8. The number of allylic oxidation sites excluding steroid dienone is 1. The van der Waals surface area contributed by atoms with Crippen LogP contribution in [0.1, 0.15) is 64.2 Å². The van der Waals surface area contributed by atoms with Gasteiger partial charge in [-0.3, -0.25) is 14.4 Å². The van der Waals surface area contributed by atoms with E-state index in [1.807, 2.05) is 13.8 Å². The van der Waals surface area contributed by atoms with Crippen molar-refractivity contribution in [3.63, 3.8) is 0 Å². The smallest absolute Gasteiger partial charge is 0.338 e. The number of benzene rings is 1. The predicted molar refractivity (Wildman–Crippen MR) is 133 cm³/mol. The fourth-order valence-electron chi connectivity index (χ4n) is 7.48. The molecule has 37 heavy (non-hydrogen) atoms. The van der Waals surface area contributed by atoms with Crippen molar-refractivity contribution in [2.24, 2.45) is 28.1 Å². The lowest BCUT2D eigenvalue weighted by Gasteiger charge is -2.66. The highest BCUT2D eigenvalue weighted by Crippen LogP contribution is 2.65. The molecule has 3 aliphatic rings. The van der Waals surface area contributed by atoms with Crippen molar-refractivity contribution >= 4 is 23.5 Å². The van der Waals surface area contributed by atoms with Crippen LogP contribution >= 0.6 is 0 Å². The van der Waals surface area contributed by atoms with Gasteiger partial charge in [-0.1, -0.05) is 45.0 Å². The molecule has 1 aromatic rings. The average Bonchev–Trinajstić information content (AvgIpc) is 2.82. The molecule has 8 nitrogen and oxygen atoms in total. The van der Waals surface area contributed by atoms with Gasteiger partial charge in [0, 0.05) is 18.8 Å². The molecule has 3 saturated carbocycles. The Balaban J connectivity index is 1.83. The van der Waals surface area contributed by atoms with Crippen LogP contribution in [0.15, 0.2) is 43.0 Å². The molecule has 0 amide bonds. The minimum absolute atomic E-state index is 0.0543. The van der Waals surface area contributed by atoms with E-state index in [4.69, 9.17) is 9.47 Å². The maximum atomic E-state index is 13.9. The van der Waals surface area contributed by atoms with Crippen molar-refractivity contribution in [2.75, 3.05) is 0 Å². The minimum Gasteiger partial charge on any atom is -0.459 e. The van der Waals surface area contributed by atoms with Gasteiger partial charge >= 0.3 is 11.9 Å². The van der Waals surface area contributed by atoms with E-state index in [0.717, 1.165) is 0 Å². The number of aliphatic hydroxyl groups excluding tert-OH is 1. The zero-order valence-electron chi connectivity index (χ0n) is 22.0. The van der Waals surface area contributed by atoms with Gasteiger partial charge in [-0.2, -0.15) is 0 Å². The van der Waals surface area contributed by atoms with E-state index in [1.165, 1.54) is 19.9 Å². The third kappa shape index (κ3) is 3.96. The third-order valence-corrected chi connectivity index (χ3v) is 9.19. The summed E-state index contributed by atoms with van der Waals surface area (Å²) < 4.78 is 11.3. The van der Waals surface area contributed by atoms with Crippen LogP contribution in [0.2, 0.25) is 0 Å². The van der Waals surface area contributed by atoms with Gasteiger partial charge < -0.3 is 19.7 Å². The zero-order valence-corrected chi connectivity index (χ0v) is 22.0. The molecule has 0 spiro atoms. The summed E-state index contributed by atoms with van der Waals surface area (Å²) in [6, 6.07) is 8.39. The third-order valence-electron chi connectivity index (χ3n) is 9.19. The number of Topliss-reactive ketones (excluding diaryl/α,β-unsaturated/α-hetero) is 2. The lowest BCUT2D eigenvalue weighted by Crippen LogP contribution is -2.77. The molecule has 200 valence electrons. The molecule has 0 aromatic heterocycles. The van der Waals surface area contributed by atoms with E-state index in [2.05, 4.69) is 6.58 Å². The van der Waals surface area contributed by atoms with Gasteiger partial charge in [-0.05, 0) is 43.2 Å². The van der Waals surface area contributed by atoms with Crippen LogP contribution < -0.4 is 0 Å². The van der Waals surface area contributed by atoms with Gasteiger partial charge in [-0.15, -0.1) is 6.58 Å². The lowest BCUT2D eigenvalue weighted by atomic mass is 9.39. The Morgan fingerprint density at radius 1 is 1.08 bits per heavy atom. The summed E-state index contributed by atoms with van der Waals surface area (Å²) >= 11 is 0. The standard InChI is InChI=1S/C29H36O8/c1-7-27(5)14-18(31)22-28(6)20(13-21(36-16(2)30)29(22,35)25(27)34)26(3,4)15-19(23(28)32)37-24(33)17-11-9-8-10-12-17/h7-12,19-23,32,35H,1,13-15H2,2-6H3/t19-,20-,21+,22+,23-,27-,28-,29-/m0/s1. The van der Waals surface area contributed by atoms with Gasteiger partial charge in [0.1, 0.15) is 18.0 Å². The van der Waals surface area contributed by atoms with Crippen molar-refractivity contribution in [3.05, 3.63) is 48.6 Å². The van der Waals surface area contributed by atoms with Crippen LogP contribution in [0.4, 0.5) is 0 Å². The average molecular weight is 513 g/mol. The van der Waals surface area contributed by atoms with E-state index in [9.17, 15) is 29.4 Å². The molecule has 0 saturated heterocycles. The highest BCUT2D eigenvalue weighted by Gasteiger charge is 2.75. The number of carbonyl (C=O) groups is 4. The van der Waals surface area contributed by atoms with Crippen LogP contribution in [0, 0.1) is 28.1 Å². The van der Waals surface area contributed by atoms with Crippen molar-refractivity contribution in [2.45, 2.75) is 77.8 Å². The first-order chi connectivity index (χ1) is 17.1. The highest BCUT2D eigenvalue weighted by atomic mass is 16.6. The number of carbonyl (C=O) groups excluding carboxylic acids is 4. The van der Waals surface area contributed by atoms with E-state index in [0.29, 0.717) is 5.56 Å². The zero-order chi connectivity index (χ0) is 27.6. The Kier molecular flexibility index (Phi) is 6.53. The van der Waals surface area contributed by atoms with E-state index >= 15 is 0 Å². The Hall–Kier alpha value is -2.84. The molecule has 2 N–H and O–H groups in total. The number of ketones is 2. The van der Waals surface area contributed by atoms with Crippen molar-refractivity contribution in [1.29, 1.82) is 0 Å². The molecular weight excluding hydrogens is 476 g/mol. The number of hydrogen-bond donors (Lipinski definition) is 2. The molecule has 8 atom stereocenters. The second-order valence-corrected chi connectivity index (χ2v) is 12.1. The second-order valence-electron chi connectivity index (χ2n) is 12.1. The molecular formula is C29H36O8. The number of ether oxygens (including phenoxy) is 2. The number of fused-ring (bicyclic) bond motifs is 3. The van der Waals surface area contributed by atoms with Crippen LogP contribution in [-0.4, -0.2) is 57.6 Å². The van der Waals surface area contributed by atoms with Crippen LogP contribution in [0.3, 0.4) is 0 Å². The van der Waals surface area contributed by atoms with E-state index < -0.39 is 75.5 Å². The lowest BCUT2D eigenvalue weighted by molar-refractivity contribution is -0.269. The largest absolute Gasteiger partial charge is 0.459 e. The molecule has 0 unspecified atom stereocenters. The Labute approximate surface area is 217 Å². The molecule has 1 aromatic carbocycles. The summed E-state index contributed by atoms with van der Waals surface area (Å²) in [5.74, 6) is -4.22. The summed E-state index contributed by atoms with van der Waals surface area (Å²) in [6.07, 6.45) is -2.17. The van der Waals surface area contributed by atoms with Crippen LogP contribution in [-0.2, 0) is 23.9 Å². The maximum Gasteiger partial charge on any atom is 0.338 e. The quantitative estimate of drug-likeness (QED) is 0.466. The maximum absolute atomic E-state index is 13.9. The van der Waals surface area contributed by atoms with Crippen molar-refractivity contribution in [3.8, 4) is 0 Å². The minimum atomic E-state index is -2.38. The van der Waals surface area contributed by atoms with Gasteiger partial charge in [-0.25, -0.2) is 4.79 Å². The summed E-state index contributed by atoms with van der Waals surface area (Å²) in [5, 5.41) is 23.9. The van der Waals surface area contributed by atoms with E-state index in [-0.39, 0.29) is 19.3 Å².